The van der Waals surface area contributed by atoms with E-state index in [2.05, 4.69) is 13.8 Å². The molecule has 0 amide bonds. The van der Waals surface area contributed by atoms with Gasteiger partial charge in [0.05, 0.1) is 6.61 Å². The van der Waals surface area contributed by atoms with Crippen LogP contribution in [0.4, 0.5) is 8.78 Å². The maximum Gasteiger partial charge on any atom is 0.201 e. The van der Waals surface area contributed by atoms with Gasteiger partial charge in [0.15, 0.2) is 11.6 Å². The molecular weight excluding hydrogens is 450 g/mol. The molecular formula is C33H46F2O. The highest BCUT2D eigenvalue weighted by Gasteiger charge is 2.31. The first-order valence-corrected chi connectivity index (χ1v) is 14.8. The molecule has 0 atom stereocenters. The van der Waals surface area contributed by atoms with Gasteiger partial charge in [-0.05, 0) is 91.9 Å². The van der Waals surface area contributed by atoms with Crippen LogP contribution in [0.5, 0.6) is 5.75 Å². The molecule has 36 heavy (non-hydrogen) atoms. The molecule has 0 aliphatic heterocycles. The van der Waals surface area contributed by atoms with E-state index in [4.69, 9.17) is 4.74 Å². The molecule has 0 heterocycles. The van der Waals surface area contributed by atoms with Crippen LogP contribution in [0.2, 0.25) is 0 Å². The molecule has 0 aromatic heterocycles. The molecule has 2 aromatic rings. The van der Waals surface area contributed by atoms with Gasteiger partial charge in [-0.2, -0.15) is 4.39 Å². The van der Waals surface area contributed by atoms with Crippen molar-refractivity contribution in [1.82, 2.24) is 0 Å². The van der Waals surface area contributed by atoms with E-state index in [0.717, 1.165) is 43.4 Å². The van der Waals surface area contributed by atoms with Gasteiger partial charge in [-0.1, -0.05) is 83.1 Å². The van der Waals surface area contributed by atoms with Crippen molar-refractivity contribution in [2.24, 2.45) is 23.7 Å². The van der Waals surface area contributed by atoms with Crippen LogP contribution in [0.3, 0.4) is 0 Å². The van der Waals surface area contributed by atoms with E-state index in [-0.39, 0.29) is 5.75 Å². The molecule has 2 saturated carbocycles. The zero-order valence-corrected chi connectivity index (χ0v) is 22.5. The minimum atomic E-state index is -0.866. The molecule has 0 N–H and O–H groups in total. The minimum absolute atomic E-state index is 0.0439. The van der Waals surface area contributed by atoms with E-state index in [0.29, 0.717) is 23.7 Å². The highest BCUT2D eigenvalue weighted by Crippen LogP contribution is 2.42. The smallest absolute Gasteiger partial charge is 0.201 e. The summed E-state index contributed by atoms with van der Waals surface area (Å²) >= 11 is 0. The van der Waals surface area contributed by atoms with Crippen LogP contribution in [-0.2, 0) is 6.42 Å². The van der Waals surface area contributed by atoms with Crippen LogP contribution in [0.25, 0.3) is 11.1 Å². The Labute approximate surface area is 218 Å². The number of ether oxygens (including phenoxy) is 1. The Hall–Kier alpha value is -1.90. The van der Waals surface area contributed by atoms with Crippen molar-refractivity contribution < 1.29 is 13.5 Å². The number of unbranched alkanes of at least 4 members (excludes halogenated alkanes) is 2. The third-order valence-corrected chi connectivity index (χ3v) is 8.99. The van der Waals surface area contributed by atoms with Gasteiger partial charge >= 0.3 is 0 Å². The number of hydrogen-bond acceptors (Lipinski definition) is 1. The van der Waals surface area contributed by atoms with Gasteiger partial charge in [-0.15, -0.1) is 0 Å². The van der Waals surface area contributed by atoms with Gasteiger partial charge in [0.1, 0.15) is 0 Å². The predicted octanol–water partition coefficient (Wildman–Crippen LogP) is 10.2. The molecule has 0 saturated heterocycles. The molecule has 0 unspecified atom stereocenters. The zero-order valence-electron chi connectivity index (χ0n) is 22.5. The average Bonchev–Trinajstić information content (AvgIpc) is 2.91. The van der Waals surface area contributed by atoms with Crippen LogP contribution in [0.15, 0.2) is 36.4 Å². The van der Waals surface area contributed by atoms with Crippen molar-refractivity contribution in [3.63, 3.8) is 0 Å². The number of rotatable bonds is 11. The Morgan fingerprint density at radius 2 is 1.33 bits per heavy atom. The van der Waals surface area contributed by atoms with Crippen LogP contribution in [0.1, 0.15) is 103 Å². The van der Waals surface area contributed by atoms with E-state index < -0.39 is 11.6 Å². The number of halogens is 2. The van der Waals surface area contributed by atoms with Crippen LogP contribution >= 0.6 is 0 Å². The second kappa shape index (κ2) is 13.6. The molecule has 2 fully saturated rings. The minimum Gasteiger partial charge on any atom is -0.490 e. The lowest BCUT2D eigenvalue weighted by Crippen LogP contribution is -2.27. The quantitative estimate of drug-likeness (QED) is 0.281. The first-order valence-electron chi connectivity index (χ1n) is 14.8. The van der Waals surface area contributed by atoms with E-state index in [1.165, 1.54) is 69.8 Å². The molecule has 0 bridgehead atoms. The largest absolute Gasteiger partial charge is 0.490 e. The lowest BCUT2D eigenvalue weighted by molar-refractivity contribution is 0.120. The lowest BCUT2D eigenvalue weighted by atomic mass is 9.69. The van der Waals surface area contributed by atoms with Crippen molar-refractivity contribution in [1.29, 1.82) is 0 Å². The lowest BCUT2D eigenvalue weighted by Gasteiger charge is -2.38. The summed E-state index contributed by atoms with van der Waals surface area (Å²) in [6, 6.07) is 11.0. The molecule has 2 aliphatic rings. The summed E-state index contributed by atoms with van der Waals surface area (Å²) in [5.74, 6) is 1.54. The SMILES string of the molecule is CCCCCC1CCC(C2CCC(COc3ccc(-c4ccc(CCC)cc4)c(F)c3F)CC2)CC1. The van der Waals surface area contributed by atoms with E-state index in [9.17, 15) is 8.78 Å². The Morgan fingerprint density at radius 3 is 1.94 bits per heavy atom. The third-order valence-electron chi connectivity index (χ3n) is 8.99. The molecule has 0 spiro atoms. The molecule has 3 heteroatoms. The fourth-order valence-corrected chi connectivity index (χ4v) is 6.67. The van der Waals surface area contributed by atoms with Crippen molar-refractivity contribution in [3.8, 4) is 16.9 Å². The topological polar surface area (TPSA) is 9.23 Å². The number of hydrogen-bond donors (Lipinski definition) is 0. The van der Waals surface area contributed by atoms with Gasteiger partial charge in [0.25, 0.3) is 0 Å². The molecule has 4 rings (SSSR count). The summed E-state index contributed by atoms with van der Waals surface area (Å²) < 4.78 is 35.5. The highest BCUT2D eigenvalue weighted by atomic mass is 19.2. The maximum absolute atomic E-state index is 14.9. The van der Waals surface area contributed by atoms with Crippen molar-refractivity contribution >= 4 is 0 Å². The van der Waals surface area contributed by atoms with E-state index in [1.54, 1.807) is 12.1 Å². The average molecular weight is 497 g/mol. The first kappa shape index (κ1) is 27.1. The Morgan fingerprint density at radius 1 is 0.694 bits per heavy atom. The van der Waals surface area contributed by atoms with Crippen LogP contribution in [-0.4, -0.2) is 6.61 Å². The summed E-state index contributed by atoms with van der Waals surface area (Å²) in [6.45, 7) is 4.91. The second-order valence-electron chi connectivity index (χ2n) is 11.6. The van der Waals surface area contributed by atoms with Crippen molar-refractivity contribution in [3.05, 3.63) is 53.6 Å². The Bertz CT molecular complexity index is 921. The molecule has 0 radical (unpaired) electrons. The summed E-state index contributed by atoms with van der Waals surface area (Å²) in [5, 5.41) is 0. The Kier molecular flexibility index (Phi) is 10.2. The maximum atomic E-state index is 14.9. The molecule has 2 aliphatic carbocycles. The van der Waals surface area contributed by atoms with Crippen molar-refractivity contribution in [2.45, 2.75) is 104 Å². The number of benzene rings is 2. The second-order valence-corrected chi connectivity index (χ2v) is 11.6. The summed E-state index contributed by atoms with van der Waals surface area (Å²) in [4.78, 5) is 0. The van der Waals surface area contributed by atoms with Gasteiger partial charge in [-0.25, -0.2) is 4.39 Å². The fraction of sp³-hybridized carbons (Fsp3) is 0.636. The van der Waals surface area contributed by atoms with Crippen LogP contribution in [0, 0.1) is 35.3 Å². The highest BCUT2D eigenvalue weighted by molar-refractivity contribution is 5.65. The molecule has 2 aromatic carbocycles. The predicted molar refractivity (Wildman–Crippen MR) is 146 cm³/mol. The van der Waals surface area contributed by atoms with E-state index in [1.807, 2.05) is 24.3 Å². The summed E-state index contributed by atoms with van der Waals surface area (Å²) in [7, 11) is 0. The van der Waals surface area contributed by atoms with Crippen LogP contribution < -0.4 is 4.74 Å². The summed E-state index contributed by atoms with van der Waals surface area (Å²) in [6.07, 6.45) is 18.1. The zero-order chi connectivity index (χ0) is 25.3. The first-order chi connectivity index (χ1) is 17.6. The van der Waals surface area contributed by atoms with Gasteiger partial charge in [0, 0.05) is 5.56 Å². The number of aryl methyl sites for hydroxylation is 1. The Balaban J connectivity index is 1.23. The van der Waals surface area contributed by atoms with Gasteiger partial charge in [-0.3, -0.25) is 0 Å². The summed E-state index contributed by atoms with van der Waals surface area (Å²) in [5.41, 5.74) is 2.21. The standard InChI is InChI=1S/C33H46F2O/c1-3-5-6-8-25-9-15-27(16-10-25)28-17-13-26(14-18-28)23-36-31-22-21-30(32(34)33(31)35)29-19-11-24(7-4-2)12-20-29/h11-12,19-22,25-28H,3-10,13-18,23H2,1-2H3. The normalized spacial score (nSPS) is 24.6. The molecule has 1 nitrogen and oxygen atoms in total. The monoisotopic (exact) mass is 496 g/mol. The fourth-order valence-electron chi connectivity index (χ4n) is 6.67. The van der Waals surface area contributed by atoms with Crippen molar-refractivity contribution in [2.75, 3.05) is 6.61 Å². The third kappa shape index (κ3) is 7.11. The molecule has 198 valence electrons. The van der Waals surface area contributed by atoms with E-state index >= 15 is 0 Å². The van der Waals surface area contributed by atoms with Gasteiger partial charge in [0.2, 0.25) is 5.82 Å². The van der Waals surface area contributed by atoms with Gasteiger partial charge < -0.3 is 4.74 Å².